The van der Waals surface area contributed by atoms with E-state index in [-0.39, 0.29) is 5.91 Å². The van der Waals surface area contributed by atoms with Gasteiger partial charge in [-0.25, -0.2) is 0 Å². The maximum atomic E-state index is 12.3. The highest BCUT2D eigenvalue weighted by Crippen LogP contribution is 2.26. The second-order valence-corrected chi connectivity index (χ2v) is 5.66. The van der Waals surface area contributed by atoms with Gasteiger partial charge < -0.3 is 5.32 Å². The number of amides is 1. The molecule has 0 spiro atoms. The molecular formula is C16H15Cl2NO. The Morgan fingerprint density at radius 2 is 1.80 bits per heavy atom. The second kappa shape index (κ2) is 6.29. The second-order valence-electron chi connectivity index (χ2n) is 4.82. The first-order valence-electron chi connectivity index (χ1n) is 6.34. The fourth-order valence-electron chi connectivity index (χ4n) is 1.98. The molecule has 0 heterocycles. The Labute approximate surface area is 128 Å². The van der Waals surface area contributed by atoms with Crippen molar-refractivity contribution in [2.75, 3.05) is 5.32 Å². The number of carbonyl (C=O) groups is 1. The van der Waals surface area contributed by atoms with E-state index in [1.165, 1.54) is 0 Å². The van der Waals surface area contributed by atoms with Crippen LogP contribution >= 0.6 is 23.2 Å². The molecule has 20 heavy (non-hydrogen) atoms. The Balaban J connectivity index is 2.31. The summed E-state index contributed by atoms with van der Waals surface area (Å²) in [4.78, 5) is 12.3. The quantitative estimate of drug-likeness (QED) is 0.811. The van der Waals surface area contributed by atoms with E-state index in [1.54, 1.807) is 18.2 Å². The number of rotatable bonds is 3. The van der Waals surface area contributed by atoms with Crippen molar-refractivity contribution in [2.45, 2.75) is 19.8 Å². The minimum Gasteiger partial charge on any atom is -0.322 e. The third-order valence-electron chi connectivity index (χ3n) is 3.00. The van der Waals surface area contributed by atoms with Crippen molar-refractivity contribution < 1.29 is 4.79 Å². The number of para-hydroxylation sites is 1. The molecule has 0 aliphatic carbocycles. The summed E-state index contributed by atoms with van der Waals surface area (Å²) in [5.41, 5.74) is 2.25. The maximum Gasteiger partial charge on any atom is 0.257 e. The summed E-state index contributed by atoms with van der Waals surface area (Å²) >= 11 is 11.9. The maximum absolute atomic E-state index is 12.3. The summed E-state index contributed by atoms with van der Waals surface area (Å²) in [5.74, 6) is 0.0620. The molecule has 0 saturated heterocycles. The summed E-state index contributed by atoms with van der Waals surface area (Å²) in [6.07, 6.45) is 0. The zero-order chi connectivity index (χ0) is 14.7. The smallest absolute Gasteiger partial charge is 0.257 e. The van der Waals surface area contributed by atoms with Crippen LogP contribution in [0.2, 0.25) is 10.0 Å². The number of nitrogens with one attached hydrogen (secondary N) is 1. The van der Waals surface area contributed by atoms with Gasteiger partial charge in [-0.2, -0.15) is 0 Å². The van der Waals surface area contributed by atoms with Crippen LogP contribution in [0, 0.1) is 0 Å². The van der Waals surface area contributed by atoms with Crippen LogP contribution < -0.4 is 5.32 Å². The van der Waals surface area contributed by atoms with Gasteiger partial charge in [-0.15, -0.1) is 0 Å². The Morgan fingerprint density at radius 1 is 1.10 bits per heavy atom. The molecule has 0 fully saturated rings. The van der Waals surface area contributed by atoms with Crippen molar-refractivity contribution in [2.24, 2.45) is 0 Å². The predicted octanol–water partition coefficient (Wildman–Crippen LogP) is 5.37. The first-order chi connectivity index (χ1) is 9.49. The fraction of sp³-hybridized carbons (Fsp3) is 0.188. The van der Waals surface area contributed by atoms with Crippen LogP contribution in [0.4, 0.5) is 5.69 Å². The van der Waals surface area contributed by atoms with Crippen molar-refractivity contribution in [3.8, 4) is 0 Å². The zero-order valence-corrected chi connectivity index (χ0v) is 12.8. The Bertz CT molecular complexity index is 638. The van der Waals surface area contributed by atoms with E-state index in [2.05, 4.69) is 19.2 Å². The van der Waals surface area contributed by atoms with Crippen molar-refractivity contribution in [3.63, 3.8) is 0 Å². The minimum atomic E-state index is -0.259. The highest BCUT2D eigenvalue weighted by atomic mass is 35.5. The van der Waals surface area contributed by atoms with E-state index in [1.807, 2.05) is 24.3 Å². The largest absolute Gasteiger partial charge is 0.322 e. The highest BCUT2D eigenvalue weighted by Gasteiger charge is 2.13. The summed E-state index contributed by atoms with van der Waals surface area (Å²) < 4.78 is 0. The molecule has 0 aromatic heterocycles. The van der Waals surface area contributed by atoms with Crippen LogP contribution in [0.5, 0.6) is 0 Å². The van der Waals surface area contributed by atoms with E-state index < -0.39 is 0 Å². The first kappa shape index (κ1) is 14.9. The SMILES string of the molecule is CC(C)c1ccccc1NC(=O)c1cc(Cl)ccc1Cl. The summed E-state index contributed by atoms with van der Waals surface area (Å²) in [5, 5.41) is 3.76. The molecule has 2 nitrogen and oxygen atoms in total. The van der Waals surface area contributed by atoms with Gasteiger partial charge in [0.1, 0.15) is 0 Å². The van der Waals surface area contributed by atoms with Crippen molar-refractivity contribution >= 4 is 34.8 Å². The van der Waals surface area contributed by atoms with Crippen LogP contribution in [0.3, 0.4) is 0 Å². The summed E-state index contributed by atoms with van der Waals surface area (Å²) in [6.45, 7) is 4.16. The van der Waals surface area contributed by atoms with Gasteiger partial charge in [-0.05, 0) is 35.7 Å². The molecule has 1 N–H and O–H groups in total. The van der Waals surface area contributed by atoms with E-state index in [0.717, 1.165) is 11.3 Å². The first-order valence-corrected chi connectivity index (χ1v) is 7.10. The molecule has 1 amide bonds. The van der Waals surface area contributed by atoms with Crippen molar-refractivity contribution in [3.05, 3.63) is 63.6 Å². The average molecular weight is 308 g/mol. The fourth-order valence-corrected chi connectivity index (χ4v) is 2.35. The Hall–Kier alpha value is -1.51. The number of halogens is 2. The summed E-state index contributed by atoms with van der Waals surface area (Å²) in [6, 6.07) is 12.6. The predicted molar refractivity (Wildman–Crippen MR) is 84.9 cm³/mol. The van der Waals surface area contributed by atoms with Crippen LogP contribution in [0.15, 0.2) is 42.5 Å². The number of hydrogen-bond acceptors (Lipinski definition) is 1. The molecule has 4 heteroatoms. The third-order valence-corrected chi connectivity index (χ3v) is 3.57. The van der Waals surface area contributed by atoms with Crippen molar-refractivity contribution in [1.82, 2.24) is 0 Å². The molecule has 0 atom stereocenters. The lowest BCUT2D eigenvalue weighted by Crippen LogP contribution is -2.14. The monoisotopic (exact) mass is 307 g/mol. The Morgan fingerprint density at radius 3 is 2.50 bits per heavy atom. The van der Waals surface area contributed by atoms with Crippen LogP contribution in [-0.4, -0.2) is 5.91 Å². The van der Waals surface area contributed by atoms with Gasteiger partial charge in [0.05, 0.1) is 10.6 Å². The lowest BCUT2D eigenvalue weighted by atomic mass is 10.0. The topological polar surface area (TPSA) is 29.1 Å². The van der Waals surface area contributed by atoms with Crippen LogP contribution in [0.1, 0.15) is 35.7 Å². The number of anilines is 1. The average Bonchev–Trinajstić information content (AvgIpc) is 2.41. The summed E-state index contributed by atoms with van der Waals surface area (Å²) in [7, 11) is 0. The standard InChI is InChI=1S/C16H15Cl2NO/c1-10(2)12-5-3-4-6-15(12)19-16(20)13-9-11(17)7-8-14(13)18/h3-10H,1-2H3,(H,19,20). The molecule has 0 aliphatic rings. The van der Waals surface area contributed by atoms with Gasteiger partial charge in [-0.3, -0.25) is 4.79 Å². The van der Waals surface area contributed by atoms with Gasteiger partial charge in [0.25, 0.3) is 5.91 Å². The number of carbonyl (C=O) groups excluding carboxylic acids is 1. The molecule has 0 saturated carbocycles. The third kappa shape index (κ3) is 3.33. The van der Waals surface area contributed by atoms with Gasteiger partial charge in [0.15, 0.2) is 0 Å². The lowest BCUT2D eigenvalue weighted by Gasteiger charge is -2.14. The molecule has 0 radical (unpaired) electrons. The molecule has 0 aliphatic heterocycles. The number of benzene rings is 2. The van der Waals surface area contributed by atoms with Crippen LogP contribution in [0.25, 0.3) is 0 Å². The molecule has 2 aromatic rings. The highest BCUT2D eigenvalue weighted by molar-refractivity contribution is 6.36. The van der Waals surface area contributed by atoms with E-state index in [4.69, 9.17) is 23.2 Å². The van der Waals surface area contributed by atoms with Crippen molar-refractivity contribution in [1.29, 1.82) is 0 Å². The van der Waals surface area contributed by atoms with E-state index >= 15 is 0 Å². The molecule has 0 unspecified atom stereocenters. The van der Waals surface area contributed by atoms with Gasteiger partial charge in [-0.1, -0.05) is 55.2 Å². The lowest BCUT2D eigenvalue weighted by molar-refractivity contribution is 0.102. The Kier molecular flexibility index (Phi) is 4.69. The zero-order valence-electron chi connectivity index (χ0n) is 11.3. The van der Waals surface area contributed by atoms with E-state index in [0.29, 0.717) is 21.5 Å². The van der Waals surface area contributed by atoms with E-state index in [9.17, 15) is 4.79 Å². The molecule has 2 aromatic carbocycles. The van der Waals surface area contributed by atoms with Gasteiger partial charge in [0, 0.05) is 10.7 Å². The molecule has 2 rings (SSSR count). The van der Waals surface area contributed by atoms with Crippen LogP contribution in [-0.2, 0) is 0 Å². The molecule has 104 valence electrons. The normalized spacial score (nSPS) is 10.7. The molecular weight excluding hydrogens is 293 g/mol. The van der Waals surface area contributed by atoms with Gasteiger partial charge in [0.2, 0.25) is 0 Å². The van der Waals surface area contributed by atoms with Gasteiger partial charge >= 0.3 is 0 Å². The minimum absolute atomic E-state index is 0.259. The molecule has 0 bridgehead atoms. The number of hydrogen-bond donors (Lipinski definition) is 1.